The van der Waals surface area contributed by atoms with Gasteiger partial charge in [0, 0.05) is 36.4 Å². The molecule has 8 nitrogen and oxygen atoms in total. The van der Waals surface area contributed by atoms with Crippen molar-refractivity contribution in [2.24, 2.45) is 0 Å². The molecule has 0 atom stereocenters. The highest BCUT2D eigenvalue weighted by Gasteiger charge is 2.22. The molecule has 29 heavy (non-hydrogen) atoms. The Kier molecular flexibility index (Phi) is 5.51. The van der Waals surface area contributed by atoms with E-state index < -0.39 is 0 Å². The van der Waals surface area contributed by atoms with Crippen molar-refractivity contribution >= 4 is 34.8 Å². The number of nitrogens with zero attached hydrogens (tertiary/aromatic N) is 4. The normalized spacial score (nSPS) is 13.4. The summed E-state index contributed by atoms with van der Waals surface area (Å²) in [5, 5.41) is 7.85. The zero-order chi connectivity index (χ0) is 20.1. The standard InChI is InChI=1S/C21H21N5O3/c27-19(10-9-18-17-8-4-11-22-20(17)24-23-18)26(16-6-2-1-3-7-16)14-15-29-21(28)25-12-5-13-25/h1-4,6-11H,5,12-15H2,(H,22,23,24)/b10-9+. The summed E-state index contributed by atoms with van der Waals surface area (Å²) >= 11 is 0. The van der Waals surface area contributed by atoms with Gasteiger partial charge >= 0.3 is 6.09 Å². The number of carbonyl (C=O) groups is 2. The number of H-pyrrole nitrogens is 1. The third kappa shape index (κ3) is 4.26. The van der Waals surface area contributed by atoms with Crippen LogP contribution < -0.4 is 4.90 Å². The zero-order valence-corrected chi connectivity index (χ0v) is 15.8. The summed E-state index contributed by atoms with van der Waals surface area (Å²) in [6.07, 6.45) is 5.50. The number of benzene rings is 1. The van der Waals surface area contributed by atoms with Gasteiger partial charge in [0.25, 0.3) is 5.91 Å². The number of carbonyl (C=O) groups excluding carboxylic acids is 2. The molecule has 1 aliphatic rings. The van der Waals surface area contributed by atoms with Crippen LogP contribution in [0.25, 0.3) is 17.1 Å². The minimum absolute atomic E-state index is 0.126. The first-order chi connectivity index (χ1) is 14.2. The molecule has 3 heterocycles. The van der Waals surface area contributed by atoms with E-state index in [-0.39, 0.29) is 25.2 Å². The minimum atomic E-state index is -0.330. The fourth-order valence-corrected chi connectivity index (χ4v) is 3.03. The molecule has 1 saturated heterocycles. The van der Waals surface area contributed by atoms with Gasteiger partial charge in [0.2, 0.25) is 0 Å². The third-order valence-corrected chi connectivity index (χ3v) is 4.74. The number of ether oxygens (including phenoxy) is 1. The van der Waals surface area contributed by atoms with Gasteiger partial charge in [-0.3, -0.25) is 9.89 Å². The van der Waals surface area contributed by atoms with Crippen molar-refractivity contribution in [1.82, 2.24) is 20.1 Å². The number of rotatable bonds is 6. The smallest absolute Gasteiger partial charge is 0.409 e. The van der Waals surface area contributed by atoms with E-state index in [2.05, 4.69) is 15.2 Å². The summed E-state index contributed by atoms with van der Waals surface area (Å²) < 4.78 is 5.30. The highest BCUT2D eigenvalue weighted by molar-refractivity contribution is 6.04. The molecule has 1 N–H and O–H groups in total. The minimum Gasteiger partial charge on any atom is -0.448 e. The molecule has 1 aliphatic heterocycles. The van der Waals surface area contributed by atoms with E-state index in [9.17, 15) is 9.59 Å². The Labute approximate surface area is 167 Å². The summed E-state index contributed by atoms with van der Waals surface area (Å²) in [7, 11) is 0. The van der Waals surface area contributed by atoms with Gasteiger partial charge in [0.1, 0.15) is 6.61 Å². The second-order valence-electron chi connectivity index (χ2n) is 6.63. The number of amides is 2. The summed E-state index contributed by atoms with van der Waals surface area (Å²) in [6, 6.07) is 13.0. The molecule has 0 aliphatic carbocycles. The number of likely N-dealkylation sites (tertiary alicyclic amines) is 1. The van der Waals surface area contributed by atoms with Crippen molar-refractivity contribution in [3.05, 3.63) is 60.4 Å². The molecule has 0 bridgehead atoms. The average molecular weight is 391 g/mol. The Morgan fingerprint density at radius 2 is 2.00 bits per heavy atom. The maximum Gasteiger partial charge on any atom is 0.409 e. The number of aromatic amines is 1. The number of hydrogen-bond donors (Lipinski definition) is 1. The monoisotopic (exact) mass is 391 g/mol. The zero-order valence-electron chi connectivity index (χ0n) is 15.8. The Balaban J connectivity index is 1.46. The van der Waals surface area contributed by atoms with E-state index >= 15 is 0 Å². The second-order valence-corrected chi connectivity index (χ2v) is 6.63. The molecule has 0 saturated carbocycles. The molecule has 0 radical (unpaired) electrons. The molecule has 4 rings (SSSR count). The lowest BCUT2D eigenvalue weighted by molar-refractivity contribution is -0.114. The number of anilines is 1. The number of nitrogens with one attached hydrogen (secondary N) is 1. The fraction of sp³-hybridized carbons (Fsp3) is 0.238. The first-order valence-electron chi connectivity index (χ1n) is 9.48. The highest BCUT2D eigenvalue weighted by Crippen LogP contribution is 2.17. The van der Waals surface area contributed by atoms with E-state index in [0.717, 1.165) is 30.6 Å². The van der Waals surface area contributed by atoms with Crippen LogP contribution in [0, 0.1) is 0 Å². The van der Waals surface area contributed by atoms with E-state index in [1.165, 1.54) is 6.08 Å². The summed E-state index contributed by atoms with van der Waals surface area (Å²) in [5.74, 6) is -0.220. The molecule has 2 aromatic heterocycles. The Bertz CT molecular complexity index is 1030. The Hall–Kier alpha value is -3.68. The van der Waals surface area contributed by atoms with Crippen LogP contribution in [0.2, 0.25) is 0 Å². The first kappa shape index (κ1) is 18.7. The van der Waals surface area contributed by atoms with Gasteiger partial charge in [0.05, 0.1) is 12.2 Å². The lowest BCUT2D eigenvalue weighted by Crippen LogP contribution is -2.43. The number of para-hydroxylation sites is 1. The van der Waals surface area contributed by atoms with Crippen LogP contribution in [-0.2, 0) is 9.53 Å². The molecule has 0 spiro atoms. The van der Waals surface area contributed by atoms with Crippen molar-refractivity contribution in [3.63, 3.8) is 0 Å². The lowest BCUT2D eigenvalue weighted by Gasteiger charge is -2.30. The van der Waals surface area contributed by atoms with Crippen molar-refractivity contribution in [3.8, 4) is 0 Å². The van der Waals surface area contributed by atoms with Crippen LogP contribution in [0.4, 0.5) is 10.5 Å². The molecule has 1 fully saturated rings. The number of hydrogen-bond acceptors (Lipinski definition) is 5. The maximum absolute atomic E-state index is 12.9. The molecule has 1 aromatic carbocycles. The van der Waals surface area contributed by atoms with Crippen LogP contribution in [0.1, 0.15) is 12.1 Å². The molecular formula is C21H21N5O3. The molecule has 3 aromatic rings. The SMILES string of the molecule is O=C(OCCN(C(=O)/C=C/c1[nH]nc2ncccc12)c1ccccc1)N1CCC1. The lowest BCUT2D eigenvalue weighted by atomic mass is 10.2. The van der Waals surface area contributed by atoms with Gasteiger partial charge in [-0.15, -0.1) is 0 Å². The van der Waals surface area contributed by atoms with Gasteiger partial charge in [-0.2, -0.15) is 5.10 Å². The second kappa shape index (κ2) is 8.55. The van der Waals surface area contributed by atoms with Crippen molar-refractivity contribution < 1.29 is 14.3 Å². The molecule has 2 amide bonds. The summed E-state index contributed by atoms with van der Waals surface area (Å²) in [5.41, 5.74) is 2.04. The van der Waals surface area contributed by atoms with Crippen LogP contribution in [0.15, 0.2) is 54.7 Å². The van der Waals surface area contributed by atoms with Crippen LogP contribution in [-0.4, -0.2) is 58.3 Å². The predicted octanol–water partition coefficient (Wildman–Crippen LogP) is 2.85. The third-order valence-electron chi connectivity index (χ3n) is 4.74. The van der Waals surface area contributed by atoms with Gasteiger partial charge in [-0.25, -0.2) is 9.78 Å². The first-order valence-corrected chi connectivity index (χ1v) is 9.48. The van der Waals surface area contributed by atoms with Crippen LogP contribution >= 0.6 is 0 Å². The van der Waals surface area contributed by atoms with Gasteiger partial charge in [-0.1, -0.05) is 18.2 Å². The molecular weight excluding hydrogens is 370 g/mol. The molecule has 0 unspecified atom stereocenters. The number of fused-ring (bicyclic) bond motifs is 1. The van der Waals surface area contributed by atoms with Gasteiger partial charge < -0.3 is 14.5 Å². The molecule has 148 valence electrons. The predicted molar refractivity (Wildman–Crippen MR) is 109 cm³/mol. The van der Waals surface area contributed by atoms with Gasteiger partial charge in [-0.05, 0) is 36.8 Å². The summed E-state index contributed by atoms with van der Waals surface area (Å²) in [6.45, 7) is 1.85. The van der Waals surface area contributed by atoms with E-state index in [4.69, 9.17) is 4.74 Å². The van der Waals surface area contributed by atoms with Crippen molar-refractivity contribution in [2.45, 2.75) is 6.42 Å². The Morgan fingerprint density at radius 3 is 2.76 bits per heavy atom. The van der Waals surface area contributed by atoms with Crippen LogP contribution in [0.3, 0.4) is 0 Å². The van der Waals surface area contributed by atoms with E-state index in [0.29, 0.717) is 11.3 Å². The van der Waals surface area contributed by atoms with Crippen molar-refractivity contribution in [2.75, 3.05) is 31.1 Å². The summed E-state index contributed by atoms with van der Waals surface area (Å²) in [4.78, 5) is 32.2. The van der Waals surface area contributed by atoms with E-state index in [1.54, 1.807) is 22.1 Å². The van der Waals surface area contributed by atoms with Gasteiger partial charge in [0.15, 0.2) is 5.65 Å². The van der Waals surface area contributed by atoms with E-state index in [1.807, 2.05) is 42.5 Å². The fourth-order valence-electron chi connectivity index (χ4n) is 3.03. The Morgan fingerprint density at radius 1 is 1.17 bits per heavy atom. The number of aromatic nitrogens is 3. The largest absolute Gasteiger partial charge is 0.448 e. The number of pyridine rings is 1. The van der Waals surface area contributed by atoms with Crippen molar-refractivity contribution in [1.29, 1.82) is 0 Å². The topological polar surface area (TPSA) is 91.4 Å². The average Bonchev–Trinajstić information content (AvgIpc) is 3.12. The maximum atomic E-state index is 12.9. The highest BCUT2D eigenvalue weighted by atomic mass is 16.6. The molecule has 8 heteroatoms. The van der Waals surface area contributed by atoms with Crippen LogP contribution in [0.5, 0.6) is 0 Å². The quantitative estimate of drug-likeness (QED) is 0.653.